The molecule has 0 aromatic carbocycles. The van der Waals surface area contributed by atoms with Gasteiger partial charge in [0.1, 0.15) is 6.04 Å². The summed E-state index contributed by atoms with van der Waals surface area (Å²) in [6, 6.07) is -0.617. The van der Waals surface area contributed by atoms with Crippen molar-refractivity contribution in [2.45, 2.75) is 25.8 Å². The molecule has 0 aromatic heterocycles. The first kappa shape index (κ1) is 12.4. The highest BCUT2D eigenvalue weighted by molar-refractivity contribution is 5.86. The lowest BCUT2D eigenvalue weighted by atomic mass is 10.0. The van der Waals surface area contributed by atoms with Gasteiger partial charge in [-0.05, 0) is 32.4 Å². The molecule has 2 heterocycles. The Morgan fingerprint density at radius 1 is 1.24 bits per heavy atom. The highest BCUT2D eigenvalue weighted by Gasteiger charge is 2.42. The quantitative estimate of drug-likeness (QED) is 0.752. The van der Waals surface area contributed by atoms with E-state index in [0.717, 1.165) is 25.9 Å². The number of amides is 1. The third-order valence-electron chi connectivity index (χ3n) is 3.98. The molecule has 1 N–H and O–H groups in total. The van der Waals surface area contributed by atoms with Crippen molar-refractivity contribution < 1.29 is 14.7 Å². The van der Waals surface area contributed by atoms with E-state index in [9.17, 15) is 14.7 Å². The lowest BCUT2D eigenvalue weighted by Gasteiger charge is -2.26. The molecule has 17 heavy (non-hydrogen) atoms. The Bertz CT molecular complexity index is 332. The maximum absolute atomic E-state index is 12.3. The van der Waals surface area contributed by atoms with Crippen LogP contribution in [0.3, 0.4) is 0 Å². The summed E-state index contributed by atoms with van der Waals surface area (Å²) in [5.41, 5.74) is 0. The van der Waals surface area contributed by atoms with E-state index in [1.54, 1.807) is 4.90 Å². The molecule has 5 nitrogen and oxygen atoms in total. The van der Waals surface area contributed by atoms with Crippen molar-refractivity contribution in [2.24, 2.45) is 11.8 Å². The Kier molecular flexibility index (Phi) is 3.38. The number of hydrogen-bond donors (Lipinski definition) is 1. The van der Waals surface area contributed by atoms with Crippen molar-refractivity contribution >= 4 is 11.9 Å². The number of rotatable bonds is 2. The van der Waals surface area contributed by atoms with Crippen LogP contribution in [-0.4, -0.2) is 59.5 Å². The van der Waals surface area contributed by atoms with Gasteiger partial charge >= 0.3 is 5.97 Å². The van der Waals surface area contributed by atoms with Gasteiger partial charge in [-0.2, -0.15) is 0 Å². The van der Waals surface area contributed by atoms with Gasteiger partial charge in [0.2, 0.25) is 5.91 Å². The van der Waals surface area contributed by atoms with Gasteiger partial charge in [-0.1, -0.05) is 6.92 Å². The topological polar surface area (TPSA) is 60.9 Å². The first-order chi connectivity index (χ1) is 8.00. The summed E-state index contributed by atoms with van der Waals surface area (Å²) >= 11 is 0. The third kappa shape index (κ3) is 2.29. The van der Waals surface area contributed by atoms with Gasteiger partial charge in [-0.3, -0.25) is 4.79 Å². The summed E-state index contributed by atoms with van der Waals surface area (Å²) in [5.74, 6) is -0.775. The van der Waals surface area contributed by atoms with Crippen LogP contribution in [0.1, 0.15) is 19.8 Å². The van der Waals surface area contributed by atoms with Gasteiger partial charge in [-0.15, -0.1) is 0 Å². The minimum absolute atomic E-state index is 0.00727. The average Bonchev–Trinajstić information content (AvgIpc) is 2.83. The van der Waals surface area contributed by atoms with E-state index >= 15 is 0 Å². The molecule has 0 radical (unpaired) electrons. The van der Waals surface area contributed by atoms with Crippen molar-refractivity contribution in [2.75, 3.05) is 26.7 Å². The molecule has 0 aliphatic carbocycles. The van der Waals surface area contributed by atoms with Crippen LogP contribution in [0.2, 0.25) is 0 Å². The minimum Gasteiger partial charge on any atom is -0.480 e. The normalized spacial score (nSPS) is 34.2. The molecular formula is C12H20N2O3. The van der Waals surface area contributed by atoms with E-state index in [1.165, 1.54) is 0 Å². The number of nitrogens with zero attached hydrogens (tertiary/aromatic N) is 2. The van der Waals surface area contributed by atoms with Crippen LogP contribution in [0.4, 0.5) is 0 Å². The molecule has 5 heteroatoms. The molecule has 2 aliphatic rings. The molecule has 96 valence electrons. The highest BCUT2D eigenvalue weighted by atomic mass is 16.4. The lowest BCUT2D eigenvalue weighted by molar-refractivity contribution is -0.150. The second kappa shape index (κ2) is 4.64. The standard InChI is InChI=1S/C12H20N2O3/c1-8-3-6-14(10(8)12(16)17)11(15)9-4-5-13(2)7-9/h8-10H,3-7H2,1-2H3,(H,16,17). The van der Waals surface area contributed by atoms with Gasteiger partial charge in [0.15, 0.2) is 0 Å². The Labute approximate surface area is 101 Å². The summed E-state index contributed by atoms with van der Waals surface area (Å²) in [5, 5.41) is 9.19. The van der Waals surface area contributed by atoms with Crippen molar-refractivity contribution in [3.63, 3.8) is 0 Å². The molecule has 2 fully saturated rings. The smallest absolute Gasteiger partial charge is 0.326 e. The molecule has 3 atom stereocenters. The fourth-order valence-corrected chi connectivity index (χ4v) is 2.94. The second-order valence-electron chi connectivity index (χ2n) is 5.33. The second-order valence-corrected chi connectivity index (χ2v) is 5.33. The van der Waals surface area contributed by atoms with Gasteiger partial charge in [-0.25, -0.2) is 4.79 Å². The van der Waals surface area contributed by atoms with Crippen molar-refractivity contribution in [1.82, 2.24) is 9.80 Å². The molecular weight excluding hydrogens is 220 g/mol. The zero-order valence-electron chi connectivity index (χ0n) is 10.4. The van der Waals surface area contributed by atoms with Crippen LogP contribution in [0.25, 0.3) is 0 Å². The van der Waals surface area contributed by atoms with E-state index in [-0.39, 0.29) is 17.7 Å². The molecule has 2 rings (SSSR count). The number of aliphatic carboxylic acids is 1. The zero-order valence-corrected chi connectivity index (χ0v) is 10.4. The summed E-state index contributed by atoms with van der Waals surface area (Å²) < 4.78 is 0. The van der Waals surface area contributed by atoms with Crippen LogP contribution in [0, 0.1) is 11.8 Å². The Morgan fingerprint density at radius 3 is 2.47 bits per heavy atom. The number of likely N-dealkylation sites (tertiary alicyclic amines) is 2. The summed E-state index contributed by atoms with van der Waals surface area (Å²) in [6.07, 6.45) is 1.65. The van der Waals surface area contributed by atoms with Gasteiger partial charge in [0, 0.05) is 13.1 Å². The minimum atomic E-state index is -0.866. The Balaban J connectivity index is 2.06. The Hall–Kier alpha value is -1.10. The van der Waals surface area contributed by atoms with E-state index in [0.29, 0.717) is 6.54 Å². The van der Waals surface area contributed by atoms with Gasteiger partial charge in [0.25, 0.3) is 0 Å². The van der Waals surface area contributed by atoms with E-state index in [2.05, 4.69) is 4.90 Å². The van der Waals surface area contributed by atoms with Crippen LogP contribution >= 0.6 is 0 Å². The highest BCUT2D eigenvalue weighted by Crippen LogP contribution is 2.28. The molecule has 3 unspecified atom stereocenters. The van der Waals surface area contributed by atoms with E-state index < -0.39 is 12.0 Å². The third-order valence-corrected chi connectivity index (χ3v) is 3.98. The van der Waals surface area contributed by atoms with Crippen LogP contribution < -0.4 is 0 Å². The maximum atomic E-state index is 12.3. The summed E-state index contributed by atoms with van der Waals surface area (Å²) in [7, 11) is 1.99. The molecule has 0 aromatic rings. The summed E-state index contributed by atoms with van der Waals surface area (Å²) in [4.78, 5) is 27.2. The van der Waals surface area contributed by atoms with Crippen LogP contribution in [0.15, 0.2) is 0 Å². The monoisotopic (exact) mass is 240 g/mol. The lowest BCUT2D eigenvalue weighted by Crippen LogP contribution is -2.45. The Morgan fingerprint density at radius 2 is 1.94 bits per heavy atom. The SMILES string of the molecule is CC1CCN(C(=O)C2CCN(C)C2)C1C(=O)O. The molecule has 0 saturated carbocycles. The largest absolute Gasteiger partial charge is 0.480 e. The fraction of sp³-hybridized carbons (Fsp3) is 0.833. The number of hydrogen-bond acceptors (Lipinski definition) is 3. The average molecular weight is 240 g/mol. The number of carbonyl (C=O) groups is 2. The van der Waals surface area contributed by atoms with Crippen molar-refractivity contribution in [3.05, 3.63) is 0 Å². The van der Waals surface area contributed by atoms with Crippen molar-refractivity contribution in [1.29, 1.82) is 0 Å². The fourth-order valence-electron chi connectivity index (χ4n) is 2.94. The molecule has 0 spiro atoms. The predicted octanol–water partition coefficient (Wildman–Crippen LogP) is 0.260. The van der Waals surface area contributed by atoms with Gasteiger partial charge in [0.05, 0.1) is 5.92 Å². The predicted molar refractivity (Wildman–Crippen MR) is 62.5 cm³/mol. The van der Waals surface area contributed by atoms with Gasteiger partial charge < -0.3 is 14.9 Å². The summed E-state index contributed by atoms with van der Waals surface area (Å²) in [6.45, 7) is 4.19. The molecule has 0 bridgehead atoms. The molecule has 1 amide bonds. The number of carboxylic acid groups (broad SMARTS) is 1. The molecule has 2 aliphatic heterocycles. The first-order valence-corrected chi connectivity index (χ1v) is 6.22. The molecule has 2 saturated heterocycles. The van der Waals surface area contributed by atoms with E-state index in [1.807, 2.05) is 14.0 Å². The zero-order chi connectivity index (χ0) is 12.6. The number of carboxylic acids is 1. The van der Waals surface area contributed by atoms with Crippen molar-refractivity contribution in [3.8, 4) is 0 Å². The van der Waals surface area contributed by atoms with Crippen LogP contribution in [0.5, 0.6) is 0 Å². The van der Waals surface area contributed by atoms with E-state index in [4.69, 9.17) is 0 Å². The maximum Gasteiger partial charge on any atom is 0.326 e. The first-order valence-electron chi connectivity index (χ1n) is 6.22. The number of carbonyl (C=O) groups excluding carboxylic acids is 1. The van der Waals surface area contributed by atoms with Crippen LogP contribution in [-0.2, 0) is 9.59 Å².